The van der Waals surface area contributed by atoms with E-state index in [1.807, 2.05) is 0 Å². The van der Waals surface area contributed by atoms with Crippen molar-refractivity contribution in [3.63, 3.8) is 0 Å². The van der Waals surface area contributed by atoms with E-state index in [4.69, 9.17) is 32.7 Å². The van der Waals surface area contributed by atoms with Crippen molar-refractivity contribution in [2.45, 2.75) is 6.29 Å². The zero-order chi connectivity index (χ0) is 12.8. The highest BCUT2D eigenvalue weighted by Gasteiger charge is 2.10. The molecule has 0 spiro atoms. The molecule has 0 unspecified atom stereocenters. The van der Waals surface area contributed by atoms with Gasteiger partial charge in [-0.05, 0) is 18.2 Å². The van der Waals surface area contributed by atoms with Crippen LogP contribution in [-0.4, -0.2) is 33.0 Å². The number of methoxy groups -OCH3 is 2. The predicted octanol–water partition coefficient (Wildman–Crippen LogP) is 2.34. The number of hydrogen-bond donors (Lipinski definition) is 1. The molecule has 4 nitrogen and oxygen atoms in total. The topological polar surface area (TPSA) is 47.6 Å². The Morgan fingerprint density at radius 1 is 1.24 bits per heavy atom. The van der Waals surface area contributed by atoms with Gasteiger partial charge in [0.05, 0.1) is 6.54 Å². The molecule has 1 aromatic carbocycles. The lowest BCUT2D eigenvalue weighted by atomic mass is 10.2. The third-order valence-corrected chi connectivity index (χ3v) is 2.52. The number of amides is 1. The summed E-state index contributed by atoms with van der Waals surface area (Å²) >= 11 is 11.6. The Morgan fingerprint density at radius 3 is 2.24 bits per heavy atom. The Labute approximate surface area is 110 Å². The summed E-state index contributed by atoms with van der Waals surface area (Å²) in [6.45, 7) is 0.246. The first-order valence-corrected chi connectivity index (χ1v) is 5.62. The first-order valence-electron chi connectivity index (χ1n) is 4.86. The smallest absolute Gasteiger partial charge is 0.251 e. The van der Waals surface area contributed by atoms with Gasteiger partial charge in [-0.1, -0.05) is 23.2 Å². The maximum absolute atomic E-state index is 11.7. The van der Waals surface area contributed by atoms with Crippen LogP contribution in [0.15, 0.2) is 18.2 Å². The van der Waals surface area contributed by atoms with E-state index in [9.17, 15) is 4.79 Å². The molecule has 17 heavy (non-hydrogen) atoms. The fourth-order valence-electron chi connectivity index (χ4n) is 1.23. The van der Waals surface area contributed by atoms with Crippen LogP contribution < -0.4 is 5.32 Å². The Morgan fingerprint density at radius 2 is 1.76 bits per heavy atom. The van der Waals surface area contributed by atoms with Crippen molar-refractivity contribution < 1.29 is 14.3 Å². The van der Waals surface area contributed by atoms with Crippen LogP contribution >= 0.6 is 23.2 Å². The lowest BCUT2D eigenvalue weighted by Crippen LogP contribution is -2.34. The Balaban J connectivity index is 2.63. The number of ether oxygens (including phenoxy) is 2. The quantitative estimate of drug-likeness (QED) is 0.841. The molecule has 0 saturated carbocycles. The van der Waals surface area contributed by atoms with Crippen LogP contribution in [0.2, 0.25) is 10.0 Å². The summed E-state index contributed by atoms with van der Waals surface area (Å²) in [5.41, 5.74) is 0.397. The number of benzene rings is 1. The van der Waals surface area contributed by atoms with Gasteiger partial charge >= 0.3 is 0 Å². The maximum Gasteiger partial charge on any atom is 0.251 e. The van der Waals surface area contributed by atoms with E-state index in [-0.39, 0.29) is 12.5 Å². The van der Waals surface area contributed by atoms with Crippen LogP contribution in [0, 0.1) is 0 Å². The summed E-state index contributed by atoms with van der Waals surface area (Å²) in [7, 11) is 2.99. The number of nitrogens with one attached hydrogen (secondary N) is 1. The van der Waals surface area contributed by atoms with Crippen molar-refractivity contribution in [2.24, 2.45) is 0 Å². The van der Waals surface area contributed by atoms with Gasteiger partial charge in [0.15, 0.2) is 6.29 Å². The van der Waals surface area contributed by atoms with Crippen LogP contribution in [0.3, 0.4) is 0 Å². The maximum atomic E-state index is 11.7. The molecule has 1 N–H and O–H groups in total. The second-order valence-corrected chi connectivity index (χ2v) is 4.14. The zero-order valence-corrected chi connectivity index (χ0v) is 11.0. The molecular weight excluding hydrogens is 265 g/mol. The van der Waals surface area contributed by atoms with E-state index >= 15 is 0 Å². The third-order valence-electron chi connectivity index (χ3n) is 2.08. The van der Waals surface area contributed by atoms with Crippen LogP contribution in [-0.2, 0) is 9.47 Å². The molecule has 0 saturated heterocycles. The minimum atomic E-state index is -0.478. The average molecular weight is 278 g/mol. The molecule has 0 radical (unpaired) electrons. The van der Waals surface area contributed by atoms with Gasteiger partial charge in [0.1, 0.15) is 0 Å². The number of carbonyl (C=O) groups is 1. The Bertz CT molecular complexity index is 374. The summed E-state index contributed by atoms with van der Waals surface area (Å²) in [5.74, 6) is -0.284. The van der Waals surface area contributed by atoms with Crippen LogP contribution in [0.4, 0.5) is 0 Å². The first kappa shape index (κ1) is 14.3. The van der Waals surface area contributed by atoms with Gasteiger partial charge in [0.2, 0.25) is 0 Å². The molecule has 0 aliphatic carbocycles. The zero-order valence-electron chi connectivity index (χ0n) is 9.50. The number of rotatable bonds is 5. The van der Waals surface area contributed by atoms with Gasteiger partial charge < -0.3 is 14.8 Å². The summed E-state index contributed by atoms with van der Waals surface area (Å²) in [4.78, 5) is 11.7. The molecule has 0 aliphatic heterocycles. The van der Waals surface area contributed by atoms with Gasteiger partial charge in [-0.2, -0.15) is 0 Å². The van der Waals surface area contributed by atoms with Crippen LogP contribution in [0.5, 0.6) is 0 Å². The van der Waals surface area contributed by atoms with Crippen molar-refractivity contribution in [1.29, 1.82) is 0 Å². The summed E-state index contributed by atoms with van der Waals surface area (Å²) < 4.78 is 9.89. The summed E-state index contributed by atoms with van der Waals surface area (Å²) in [5, 5.41) is 3.48. The third kappa shape index (κ3) is 4.52. The van der Waals surface area contributed by atoms with E-state index in [0.717, 1.165) is 0 Å². The van der Waals surface area contributed by atoms with E-state index < -0.39 is 6.29 Å². The van der Waals surface area contributed by atoms with Crippen LogP contribution in [0.25, 0.3) is 0 Å². The Hall–Kier alpha value is -0.810. The minimum absolute atomic E-state index is 0.246. The van der Waals surface area contributed by atoms with E-state index in [1.54, 1.807) is 6.07 Å². The number of hydrogen-bond acceptors (Lipinski definition) is 3. The van der Waals surface area contributed by atoms with E-state index in [2.05, 4.69) is 5.32 Å². The van der Waals surface area contributed by atoms with Gasteiger partial charge in [0.25, 0.3) is 5.91 Å². The fourth-order valence-corrected chi connectivity index (χ4v) is 1.75. The number of halogens is 2. The highest BCUT2D eigenvalue weighted by molar-refractivity contribution is 6.35. The largest absolute Gasteiger partial charge is 0.354 e. The molecule has 0 atom stereocenters. The molecule has 0 aromatic heterocycles. The molecular formula is C11H13Cl2NO3. The second kappa shape index (κ2) is 6.81. The molecule has 94 valence electrons. The molecule has 0 heterocycles. The summed E-state index contributed by atoms with van der Waals surface area (Å²) in [6, 6.07) is 4.64. The molecule has 1 rings (SSSR count). The average Bonchev–Trinajstić information content (AvgIpc) is 2.28. The predicted molar refractivity (Wildman–Crippen MR) is 66.6 cm³/mol. The number of carbonyl (C=O) groups excluding carboxylic acids is 1. The van der Waals surface area contributed by atoms with Gasteiger partial charge in [-0.3, -0.25) is 4.79 Å². The molecule has 0 aliphatic rings. The fraction of sp³-hybridized carbons (Fsp3) is 0.364. The van der Waals surface area contributed by atoms with Crippen molar-refractivity contribution in [2.75, 3.05) is 20.8 Å². The van der Waals surface area contributed by atoms with Gasteiger partial charge in [-0.25, -0.2) is 0 Å². The monoisotopic (exact) mass is 277 g/mol. The molecule has 0 bridgehead atoms. The standard InChI is InChI=1S/C11H13Cl2NO3/c1-16-10(17-2)6-14-11(15)7-3-8(12)5-9(13)4-7/h3-5,10H,6H2,1-2H3,(H,14,15). The van der Waals surface area contributed by atoms with Gasteiger partial charge in [0, 0.05) is 29.8 Å². The van der Waals surface area contributed by atoms with Crippen molar-refractivity contribution in [3.8, 4) is 0 Å². The SMILES string of the molecule is COC(CNC(=O)c1cc(Cl)cc(Cl)c1)OC. The lowest BCUT2D eigenvalue weighted by molar-refractivity contribution is -0.0974. The van der Waals surface area contributed by atoms with Crippen molar-refractivity contribution in [3.05, 3.63) is 33.8 Å². The molecule has 6 heteroatoms. The highest BCUT2D eigenvalue weighted by Crippen LogP contribution is 2.18. The minimum Gasteiger partial charge on any atom is -0.354 e. The molecule has 1 aromatic rings. The first-order chi connectivity index (χ1) is 8.06. The van der Waals surface area contributed by atoms with Crippen molar-refractivity contribution >= 4 is 29.1 Å². The highest BCUT2D eigenvalue weighted by atomic mass is 35.5. The van der Waals surface area contributed by atoms with Crippen LogP contribution in [0.1, 0.15) is 10.4 Å². The van der Waals surface area contributed by atoms with E-state index in [0.29, 0.717) is 15.6 Å². The molecule has 0 fully saturated rings. The lowest BCUT2D eigenvalue weighted by Gasteiger charge is -2.14. The van der Waals surface area contributed by atoms with Crippen molar-refractivity contribution in [1.82, 2.24) is 5.32 Å². The normalized spacial score (nSPS) is 10.6. The second-order valence-electron chi connectivity index (χ2n) is 3.27. The molecule has 1 amide bonds. The van der Waals surface area contributed by atoms with E-state index in [1.165, 1.54) is 26.4 Å². The summed E-state index contributed by atoms with van der Waals surface area (Å²) in [6.07, 6.45) is -0.478. The van der Waals surface area contributed by atoms with Gasteiger partial charge in [-0.15, -0.1) is 0 Å². The Kier molecular flexibility index (Phi) is 5.71.